The number of aromatic nitrogens is 7. The van der Waals surface area contributed by atoms with Gasteiger partial charge in [0.15, 0.2) is 0 Å². The average Bonchev–Trinajstić information content (AvgIpc) is 3.47. The quantitative estimate of drug-likeness (QED) is 0.358. The highest BCUT2D eigenvalue weighted by molar-refractivity contribution is 5.96. The second kappa shape index (κ2) is 8.53. The van der Waals surface area contributed by atoms with E-state index in [1.54, 1.807) is 29.3 Å². The number of piperidine rings is 1. The molecule has 1 aliphatic heterocycles. The normalized spacial score (nSPS) is 15.1. The number of hydrogen-bond acceptors (Lipinski definition) is 7. The highest BCUT2D eigenvalue weighted by atomic mass is 16.1. The van der Waals surface area contributed by atoms with Gasteiger partial charge in [-0.2, -0.15) is 5.10 Å². The minimum Gasteiger partial charge on any atom is -0.373 e. The van der Waals surface area contributed by atoms with Gasteiger partial charge in [-0.3, -0.25) is 9.48 Å². The van der Waals surface area contributed by atoms with E-state index in [0.717, 1.165) is 24.1 Å². The molecule has 35 heavy (non-hydrogen) atoms. The molecule has 1 atom stereocenters. The highest BCUT2D eigenvalue weighted by Gasteiger charge is 2.23. The first-order valence-corrected chi connectivity index (χ1v) is 11.9. The van der Waals surface area contributed by atoms with Gasteiger partial charge in [-0.15, -0.1) is 0 Å². The van der Waals surface area contributed by atoms with Gasteiger partial charge in [-0.1, -0.05) is 0 Å². The van der Waals surface area contributed by atoms with Gasteiger partial charge in [-0.25, -0.2) is 15.0 Å². The van der Waals surface area contributed by atoms with Crippen molar-refractivity contribution in [2.24, 2.45) is 7.05 Å². The molecular weight excluding hydrogens is 442 g/mol. The number of nitrogens with one attached hydrogen (secondary N) is 3. The zero-order chi connectivity index (χ0) is 23.9. The Balaban J connectivity index is 1.47. The Hall–Kier alpha value is -4.21. The van der Waals surface area contributed by atoms with E-state index < -0.39 is 0 Å². The minimum atomic E-state index is -0.253. The summed E-state index contributed by atoms with van der Waals surface area (Å²) in [5, 5.41) is 8.05. The van der Waals surface area contributed by atoms with Crippen molar-refractivity contribution in [2.45, 2.75) is 32.2 Å². The van der Waals surface area contributed by atoms with Crippen LogP contribution in [0.5, 0.6) is 0 Å². The molecule has 0 bridgehead atoms. The third-order valence-corrected chi connectivity index (χ3v) is 6.55. The van der Waals surface area contributed by atoms with Crippen LogP contribution < -0.4 is 15.8 Å². The highest BCUT2D eigenvalue weighted by Crippen LogP contribution is 2.33. The molecule has 5 heterocycles. The standard InChI is InChI=1S/C25H27N9O/c1-15(23-26-9-6-10-27-23)28-22-20(25(35)31-19-14-33(2)32-21(19)22)24-29-17-8-7-16(13-18(17)30-24)34-11-4-3-5-12-34/h6-10,13-15,28H,3-5,11-12H2,1-2H3,(H,29,30)(H,31,35)/t15-/m0/s1. The third kappa shape index (κ3) is 3.90. The maximum atomic E-state index is 13.3. The molecule has 0 spiro atoms. The molecule has 10 heteroatoms. The molecule has 178 valence electrons. The average molecular weight is 470 g/mol. The van der Waals surface area contributed by atoms with Gasteiger partial charge in [0.1, 0.15) is 22.7 Å². The fourth-order valence-corrected chi connectivity index (χ4v) is 4.83. The summed E-state index contributed by atoms with van der Waals surface area (Å²) in [6, 6.07) is 7.77. The van der Waals surface area contributed by atoms with Gasteiger partial charge in [0.05, 0.1) is 28.3 Å². The van der Waals surface area contributed by atoms with Crippen molar-refractivity contribution >= 4 is 33.4 Å². The van der Waals surface area contributed by atoms with E-state index in [1.165, 1.54) is 24.9 Å². The lowest BCUT2D eigenvalue weighted by Gasteiger charge is -2.28. The van der Waals surface area contributed by atoms with Crippen LogP contribution in [-0.2, 0) is 7.05 Å². The third-order valence-electron chi connectivity index (χ3n) is 6.55. The second-order valence-corrected chi connectivity index (χ2v) is 9.08. The zero-order valence-electron chi connectivity index (χ0n) is 19.7. The van der Waals surface area contributed by atoms with Crippen LogP contribution in [0.25, 0.3) is 33.5 Å². The van der Waals surface area contributed by atoms with Crippen molar-refractivity contribution in [3.63, 3.8) is 0 Å². The Labute approximate surface area is 201 Å². The van der Waals surface area contributed by atoms with Crippen LogP contribution in [0, 0.1) is 0 Å². The summed E-state index contributed by atoms with van der Waals surface area (Å²) in [6.45, 7) is 4.09. The summed E-state index contributed by atoms with van der Waals surface area (Å²) in [5.74, 6) is 1.12. The fraction of sp³-hybridized carbons (Fsp3) is 0.320. The largest absolute Gasteiger partial charge is 0.373 e. The van der Waals surface area contributed by atoms with E-state index in [0.29, 0.717) is 33.9 Å². The maximum absolute atomic E-state index is 13.3. The Kier molecular flexibility index (Phi) is 5.20. The second-order valence-electron chi connectivity index (χ2n) is 9.08. The summed E-state index contributed by atoms with van der Waals surface area (Å²) in [7, 11) is 1.83. The monoisotopic (exact) mass is 469 g/mol. The lowest BCUT2D eigenvalue weighted by Crippen LogP contribution is -2.29. The molecule has 1 fully saturated rings. The van der Waals surface area contributed by atoms with E-state index in [-0.39, 0.29) is 11.6 Å². The van der Waals surface area contributed by atoms with E-state index in [2.05, 4.69) is 47.4 Å². The number of fused-ring (bicyclic) bond motifs is 2. The molecular formula is C25H27N9O. The van der Waals surface area contributed by atoms with Crippen molar-refractivity contribution in [1.82, 2.24) is 34.7 Å². The molecule has 1 aromatic carbocycles. The summed E-state index contributed by atoms with van der Waals surface area (Å²) in [6.07, 6.45) is 8.91. The number of imidazole rings is 1. The van der Waals surface area contributed by atoms with Gasteiger partial charge in [-0.05, 0) is 50.5 Å². The molecule has 5 aromatic rings. The molecule has 6 rings (SSSR count). The van der Waals surface area contributed by atoms with Gasteiger partial charge in [0, 0.05) is 44.4 Å². The van der Waals surface area contributed by atoms with Crippen LogP contribution in [0.4, 0.5) is 11.4 Å². The zero-order valence-corrected chi connectivity index (χ0v) is 19.7. The van der Waals surface area contributed by atoms with Crippen LogP contribution in [0.1, 0.15) is 38.1 Å². The number of pyridine rings is 1. The summed E-state index contributed by atoms with van der Waals surface area (Å²) < 4.78 is 1.68. The number of aryl methyl sites for hydroxylation is 1. The lowest BCUT2D eigenvalue weighted by atomic mass is 10.1. The molecule has 1 saturated heterocycles. The number of hydrogen-bond donors (Lipinski definition) is 3. The lowest BCUT2D eigenvalue weighted by molar-refractivity contribution is 0.578. The van der Waals surface area contributed by atoms with Crippen LogP contribution in [0.2, 0.25) is 0 Å². The van der Waals surface area contributed by atoms with Gasteiger partial charge >= 0.3 is 0 Å². The molecule has 0 radical (unpaired) electrons. The molecule has 1 aliphatic rings. The number of H-pyrrole nitrogens is 2. The van der Waals surface area contributed by atoms with E-state index in [4.69, 9.17) is 4.98 Å². The van der Waals surface area contributed by atoms with Crippen LogP contribution >= 0.6 is 0 Å². The van der Waals surface area contributed by atoms with Crippen LogP contribution in [-0.4, -0.2) is 47.8 Å². The van der Waals surface area contributed by atoms with Gasteiger partial charge in [0.25, 0.3) is 5.56 Å². The Morgan fingerprint density at radius 2 is 1.86 bits per heavy atom. The minimum absolute atomic E-state index is 0.246. The molecule has 10 nitrogen and oxygen atoms in total. The summed E-state index contributed by atoms with van der Waals surface area (Å²) in [4.78, 5) is 35.6. The fourth-order valence-electron chi connectivity index (χ4n) is 4.83. The molecule has 0 saturated carbocycles. The van der Waals surface area contributed by atoms with Crippen LogP contribution in [0.15, 0.2) is 47.7 Å². The Bertz CT molecular complexity index is 1560. The first-order valence-electron chi connectivity index (χ1n) is 11.9. The number of rotatable bonds is 5. The molecule has 0 amide bonds. The molecule has 3 N–H and O–H groups in total. The van der Waals surface area contributed by atoms with E-state index >= 15 is 0 Å². The van der Waals surface area contributed by atoms with Crippen molar-refractivity contribution in [3.05, 3.63) is 59.0 Å². The first-order chi connectivity index (χ1) is 17.1. The van der Waals surface area contributed by atoms with Crippen molar-refractivity contribution in [1.29, 1.82) is 0 Å². The predicted molar refractivity (Wildman–Crippen MR) is 137 cm³/mol. The van der Waals surface area contributed by atoms with E-state index in [1.807, 2.05) is 20.0 Å². The Morgan fingerprint density at radius 1 is 1.06 bits per heavy atom. The van der Waals surface area contributed by atoms with Crippen molar-refractivity contribution in [3.8, 4) is 11.4 Å². The van der Waals surface area contributed by atoms with Crippen molar-refractivity contribution < 1.29 is 0 Å². The smallest absolute Gasteiger partial charge is 0.261 e. The Morgan fingerprint density at radius 3 is 2.66 bits per heavy atom. The van der Waals surface area contributed by atoms with Gasteiger partial charge in [0.2, 0.25) is 0 Å². The van der Waals surface area contributed by atoms with Crippen molar-refractivity contribution in [2.75, 3.05) is 23.3 Å². The number of benzene rings is 1. The van der Waals surface area contributed by atoms with E-state index in [9.17, 15) is 4.79 Å². The predicted octanol–water partition coefficient (Wildman–Crippen LogP) is 3.76. The summed E-state index contributed by atoms with van der Waals surface area (Å²) in [5.41, 5.74) is 4.95. The molecule has 0 unspecified atom stereocenters. The first kappa shape index (κ1) is 21.3. The topological polar surface area (TPSA) is 120 Å². The van der Waals surface area contributed by atoms with Gasteiger partial charge < -0.3 is 20.2 Å². The maximum Gasteiger partial charge on any atom is 0.261 e. The number of nitrogens with zero attached hydrogens (tertiary/aromatic N) is 6. The number of aromatic amines is 2. The molecule has 0 aliphatic carbocycles. The summed E-state index contributed by atoms with van der Waals surface area (Å²) >= 11 is 0. The van der Waals surface area contributed by atoms with Crippen LogP contribution in [0.3, 0.4) is 0 Å². The SMILES string of the molecule is C[C@H](Nc1c(-c2nc3ccc(N4CCCCC4)cc3[nH]2)c(=O)[nH]c2cn(C)nc12)c1ncccn1. The molecule has 4 aromatic heterocycles. The number of anilines is 2.